The normalized spacial score (nSPS) is 13.0. The standard InChI is InChI=1S/C22H22O4/c1-3-10-20(16-15-18-11-6-4-7-12-18)26-22(24)21(25-17(2)23)19-13-8-5-9-14-19/h3-9,11-16,20-21H,1,10H2,2H3/b16-15+/t20-,21-/m0/s1. The van der Waals surface area contributed by atoms with E-state index in [1.54, 1.807) is 36.4 Å². The lowest BCUT2D eigenvalue weighted by molar-refractivity contribution is -0.169. The molecular formula is C22H22O4. The van der Waals surface area contributed by atoms with Gasteiger partial charge in [0.2, 0.25) is 6.10 Å². The van der Waals surface area contributed by atoms with Crippen LogP contribution in [0.15, 0.2) is 79.4 Å². The summed E-state index contributed by atoms with van der Waals surface area (Å²) in [5, 5.41) is 0. The highest BCUT2D eigenvalue weighted by Gasteiger charge is 2.27. The molecule has 0 saturated heterocycles. The number of benzene rings is 2. The van der Waals surface area contributed by atoms with E-state index in [2.05, 4.69) is 6.58 Å². The molecule has 0 aliphatic heterocycles. The molecule has 0 aliphatic rings. The molecule has 0 fully saturated rings. The van der Waals surface area contributed by atoms with Crippen LogP contribution in [0.25, 0.3) is 6.08 Å². The Bertz CT molecular complexity index is 750. The predicted molar refractivity (Wildman–Crippen MR) is 101 cm³/mol. The van der Waals surface area contributed by atoms with Crippen LogP contribution in [0.1, 0.15) is 30.6 Å². The average molecular weight is 350 g/mol. The van der Waals surface area contributed by atoms with Crippen molar-refractivity contribution in [3.63, 3.8) is 0 Å². The van der Waals surface area contributed by atoms with Crippen LogP contribution in [0.5, 0.6) is 0 Å². The van der Waals surface area contributed by atoms with Gasteiger partial charge < -0.3 is 9.47 Å². The molecular weight excluding hydrogens is 328 g/mol. The van der Waals surface area contributed by atoms with Gasteiger partial charge in [0.15, 0.2) is 0 Å². The Kier molecular flexibility index (Phi) is 7.37. The Balaban J connectivity index is 2.14. The largest absolute Gasteiger partial charge is 0.455 e. The van der Waals surface area contributed by atoms with Crippen LogP contribution in [0.4, 0.5) is 0 Å². The third-order valence-corrected chi connectivity index (χ3v) is 3.57. The predicted octanol–water partition coefficient (Wildman–Crippen LogP) is 4.49. The molecule has 0 radical (unpaired) electrons. The van der Waals surface area contributed by atoms with Crippen LogP contribution in [0, 0.1) is 0 Å². The smallest absolute Gasteiger partial charge is 0.352 e. The van der Waals surface area contributed by atoms with E-state index in [0.29, 0.717) is 12.0 Å². The maximum atomic E-state index is 12.6. The number of ether oxygens (including phenoxy) is 2. The summed E-state index contributed by atoms with van der Waals surface area (Å²) in [7, 11) is 0. The summed E-state index contributed by atoms with van der Waals surface area (Å²) in [4.78, 5) is 24.0. The summed E-state index contributed by atoms with van der Waals surface area (Å²) in [5.74, 6) is -1.16. The van der Waals surface area contributed by atoms with Gasteiger partial charge in [-0.05, 0) is 11.6 Å². The summed E-state index contributed by atoms with van der Waals surface area (Å²) in [6, 6.07) is 18.5. The maximum Gasteiger partial charge on any atom is 0.352 e. The van der Waals surface area contributed by atoms with Crippen molar-refractivity contribution in [2.24, 2.45) is 0 Å². The molecule has 2 atom stereocenters. The maximum absolute atomic E-state index is 12.6. The van der Waals surface area contributed by atoms with Crippen molar-refractivity contribution in [1.29, 1.82) is 0 Å². The van der Waals surface area contributed by atoms with Crippen molar-refractivity contribution in [1.82, 2.24) is 0 Å². The zero-order valence-electron chi connectivity index (χ0n) is 14.7. The first-order valence-corrected chi connectivity index (χ1v) is 8.37. The van der Waals surface area contributed by atoms with Gasteiger partial charge in [0.25, 0.3) is 0 Å². The van der Waals surface area contributed by atoms with Gasteiger partial charge in [-0.25, -0.2) is 4.79 Å². The minimum absolute atomic E-state index is 0.455. The molecule has 0 N–H and O–H groups in total. The average Bonchev–Trinajstić information content (AvgIpc) is 2.65. The molecule has 0 amide bonds. The van der Waals surface area contributed by atoms with Crippen molar-refractivity contribution in [3.05, 3.63) is 90.5 Å². The molecule has 0 heterocycles. The van der Waals surface area contributed by atoms with E-state index in [1.165, 1.54) is 6.92 Å². The molecule has 26 heavy (non-hydrogen) atoms. The Morgan fingerprint density at radius 1 is 1.00 bits per heavy atom. The zero-order chi connectivity index (χ0) is 18.8. The highest BCUT2D eigenvalue weighted by Crippen LogP contribution is 2.21. The van der Waals surface area contributed by atoms with Crippen molar-refractivity contribution in [3.8, 4) is 0 Å². The van der Waals surface area contributed by atoms with E-state index in [0.717, 1.165) is 5.56 Å². The molecule has 4 heteroatoms. The Labute approximate surface area is 153 Å². The summed E-state index contributed by atoms with van der Waals surface area (Å²) in [6.45, 7) is 4.97. The van der Waals surface area contributed by atoms with Crippen molar-refractivity contribution < 1.29 is 19.1 Å². The van der Waals surface area contributed by atoms with E-state index >= 15 is 0 Å². The van der Waals surface area contributed by atoms with Gasteiger partial charge in [0.1, 0.15) is 6.10 Å². The summed E-state index contributed by atoms with van der Waals surface area (Å²) in [6.07, 6.45) is 4.22. The molecule has 0 bridgehead atoms. The number of carbonyl (C=O) groups is 2. The topological polar surface area (TPSA) is 52.6 Å². The van der Waals surface area contributed by atoms with Crippen molar-refractivity contribution >= 4 is 18.0 Å². The molecule has 0 aliphatic carbocycles. The fourth-order valence-corrected chi connectivity index (χ4v) is 2.37. The summed E-state index contributed by atoms with van der Waals surface area (Å²) >= 11 is 0. The van der Waals surface area contributed by atoms with Gasteiger partial charge in [-0.3, -0.25) is 4.79 Å². The first-order valence-electron chi connectivity index (χ1n) is 8.37. The third kappa shape index (κ3) is 6.06. The fraction of sp³-hybridized carbons (Fsp3) is 0.182. The highest BCUT2D eigenvalue weighted by molar-refractivity contribution is 5.80. The molecule has 2 rings (SSSR count). The SMILES string of the molecule is C=CC[C@@H](/C=C/c1ccccc1)OC(=O)[C@@H](OC(C)=O)c1ccccc1. The Morgan fingerprint density at radius 3 is 2.19 bits per heavy atom. The molecule has 0 aromatic heterocycles. The van der Waals surface area contributed by atoms with E-state index in [9.17, 15) is 9.59 Å². The van der Waals surface area contributed by atoms with Crippen LogP contribution in [-0.4, -0.2) is 18.0 Å². The molecule has 0 saturated carbocycles. The molecule has 2 aromatic carbocycles. The van der Waals surface area contributed by atoms with Gasteiger partial charge >= 0.3 is 11.9 Å². The van der Waals surface area contributed by atoms with Crippen LogP contribution in [0.2, 0.25) is 0 Å². The quantitative estimate of drug-likeness (QED) is 0.520. The zero-order valence-corrected chi connectivity index (χ0v) is 14.7. The fourth-order valence-electron chi connectivity index (χ4n) is 2.37. The van der Waals surface area contributed by atoms with Gasteiger partial charge in [0.05, 0.1) is 0 Å². The molecule has 0 unspecified atom stereocenters. The summed E-state index contributed by atoms with van der Waals surface area (Å²) < 4.78 is 10.7. The Hall–Kier alpha value is -3.14. The van der Waals surface area contributed by atoms with E-state index in [-0.39, 0.29) is 0 Å². The minimum Gasteiger partial charge on any atom is -0.455 e. The van der Waals surface area contributed by atoms with Gasteiger partial charge in [0, 0.05) is 18.9 Å². The number of rotatable bonds is 8. The number of hydrogen-bond donors (Lipinski definition) is 0. The van der Waals surface area contributed by atoms with Crippen molar-refractivity contribution in [2.45, 2.75) is 25.6 Å². The second-order valence-electron chi connectivity index (χ2n) is 5.67. The lowest BCUT2D eigenvalue weighted by Gasteiger charge is -2.19. The molecule has 2 aromatic rings. The number of esters is 2. The highest BCUT2D eigenvalue weighted by atomic mass is 16.6. The van der Waals surface area contributed by atoms with E-state index in [1.807, 2.05) is 42.5 Å². The molecule has 134 valence electrons. The number of hydrogen-bond acceptors (Lipinski definition) is 4. The van der Waals surface area contributed by atoms with Crippen LogP contribution in [-0.2, 0) is 19.1 Å². The molecule has 0 spiro atoms. The monoisotopic (exact) mass is 350 g/mol. The lowest BCUT2D eigenvalue weighted by Crippen LogP contribution is -2.25. The third-order valence-electron chi connectivity index (χ3n) is 3.57. The van der Waals surface area contributed by atoms with Crippen LogP contribution in [0.3, 0.4) is 0 Å². The van der Waals surface area contributed by atoms with Gasteiger partial charge in [-0.15, -0.1) is 6.58 Å². The second kappa shape index (κ2) is 9.99. The van der Waals surface area contributed by atoms with E-state index < -0.39 is 24.1 Å². The van der Waals surface area contributed by atoms with E-state index in [4.69, 9.17) is 9.47 Å². The lowest BCUT2D eigenvalue weighted by atomic mass is 10.1. The first kappa shape index (κ1) is 19.2. The van der Waals surface area contributed by atoms with Crippen LogP contribution < -0.4 is 0 Å². The van der Waals surface area contributed by atoms with Crippen LogP contribution >= 0.6 is 0 Å². The minimum atomic E-state index is -1.09. The Morgan fingerprint density at radius 2 is 1.62 bits per heavy atom. The van der Waals surface area contributed by atoms with Gasteiger partial charge in [-0.2, -0.15) is 0 Å². The summed E-state index contributed by atoms with van der Waals surface area (Å²) in [5.41, 5.74) is 1.56. The second-order valence-corrected chi connectivity index (χ2v) is 5.67. The first-order chi connectivity index (χ1) is 12.6. The van der Waals surface area contributed by atoms with Gasteiger partial charge in [-0.1, -0.05) is 72.8 Å². The number of carbonyl (C=O) groups excluding carboxylic acids is 2. The molecule has 4 nitrogen and oxygen atoms in total. The van der Waals surface area contributed by atoms with Crippen molar-refractivity contribution in [2.75, 3.05) is 0 Å².